The molecule has 3 rings (SSSR count). The van der Waals surface area contributed by atoms with Gasteiger partial charge in [-0.2, -0.15) is 0 Å². The fraction of sp³-hybridized carbons (Fsp3) is 0.286. The summed E-state index contributed by atoms with van der Waals surface area (Å²) in [6, 6.07) is 13.1. The highest BCUT2D eigenvalue weighted by atomic mass is 35.5. The van der Waals surface area contributed by atoms with E-state index in [2.05, 4.69) is 22.4 Å². The van der Waals surface area contributed by atoms with Crippen LogP contribution in [0.2, 0.25) is 10.0 Å². The van der Waals surface area contributed by atoms with E-state index in [1.165, 1.54) is 17.3 Å². The van der Waals surface area contributed by atoms with Crippen molar-refractivity contribution in [1.29, 1.82) is 0 Å². The van der Waals surface area contributed by atoms with Crippen LogP contribution < -0.4 is 10.1 Å². The second-order valence-corrected chi connectivity index (χ2v) is 8.32. The first-order valence-electron chi connectivity index (χ1n) is 9.40. The SMILES string of the molecule is CCc1ccc(O[C@H](C)c2nnc(SCC(=O)Nc3cccc(Cl)c3Cl)n2C)cc1. The third-order valence-electron chi connectivity index (χ3n) is 4.43. The summed E-state index contributed by atoms with van der Waals surface area (Å²) in [6.45, 7) is 4.03. The van der Waals surface area contributed by atoms with E-state index in [1.54, 1.807) is 18.2 Å². The van der Waals surface area contributed by atoms with Gasteiger partial charge in [0.05, 0.1) is 21.5 Å². The molecule has 0 saturated carbocycles. The Balaban J connectivity index is 1.59. The lowest BCUT2D eigenvalue weighted by atomic mass is 10.2. The first-order chi connectivity index (χ1) is 14.4. The Kier molecular flexibility index (Phi) is 7.64. The number of benzene rings is 2. The molecule has 158 valence electrons. The molecular weight excluding hydrogens is 443 g/mol. The van der Waals surface area contributed by atoms with Gasteiger partial charge in [-0.3, -0.25) is 4.79 Å². The lowest BCUT2D eigenvalue weighted by Crippen LogP contribution is -2.15. The van der Waals surface area contributed by atoms with Crippen molar-refractivity contribution in [3.63, 3.8) is 0 Å². The molecule has 0 unspecified atom stereocenters. The maximum Gasteiger partial charge on any atom is 0.234 e. The average molecular weight is 465 g/mol. The molecule has 3 aromatic rings. The number of nitrogens with zero attached hydrogens (tertiary/aromatic N) is 3. The third kappa shape index (κ3) is 5.47. The number of amides is 1. The molecule has 2 aromatic carbocycles. The molecule has 0 spiro atoms. The van der Waals surface area contributed by atoms with Crippen molar-refractivity contribution in [3.05, 3.63) is 63.9 Å². The van der Waals surface area contributed by atoms with Crippen LogP contribution in [0.1, 0.15) is 31.3 Å². The fourth-order valence-corrected chi connectivity index (χ4v) is 3.85. The number of ether oxygens (including phenoxy) is 1. The highest BCUT2D eigenvalue weighted by Gasteiger charge is 2.18. The Bertz CT molecular complexity index is 1020. The van der Waals surface area contributed by atoms with Gasteiger partial charge in [0.1, 0.15) is 5.75 Å². The molecule has 0 aliphatic rings. The molecule has 1 amide bonds. The van der Waals surface area contributed by atoms with Crippen molar-refractivity contribution < 1.29 is 9.53 Å². The summed E-state index contributed by atoms with van der Waals surface area (Å²) in [5.41, 5.74) is 1.73. The average Bonchev–Trinajstić information content (AvgIpc) is 3.11. The van der Waals surface area contributed by atoms with Gasteiger partial charge >= 0.3 is 0 Å². The summed E-state index contributed by atoms with van der Waals surface area (Å²) >= 11 is 13.4. The van der Waals surface area contributed by atoms with Crippen LogP contribution in [0.3, 0.4) is 0 Å². The minimum absolute atomic E-state index is 0.155. The van der Waals surface area contributed by atoms with Crippen LogP contribution in [0.5, 0.6) is 5.75 Å². The Morgan fingerprint density at radius 3 is 2.63 bits per heavy atom. The van der Waals surface area contributed by atoms with E-state index in [-0.39, 0.29) is 17.8 Å². The van der Waals surface area contributed by atoms with Gasteiger partial charge in [-0.05, 0) is 43.2 Å². The van der Waals surface area contributed by atoms with Gasteiger partial charge in [-0.15, -0.1) is 10.2 Å². The standard InChI is InChI=1S/C21H22Cl2N4O2S/c1-4-14-8-10-15(11-9-14)29-13(2)20-25-26-21(27(20)3)30-12-18(28)24-17-7-5-6-16(22)19(17)23/h5-11,13H,4,12H2,1-3H3,(H,24,28)/t13-/m1/s1. The third-order valence-corrected chi connectivity index (χ3v) is 6.27. The smallest absolute Gasteiger partial charge is 0.234 e. The monoisotopic (exact) mass is 464 g/mol. The number of hydrogen-bond donors (Lipinski definition) is 1. The Labute approximate surface area is 189 Å². The number of hydrogen-bond acceptors (Lipinski definition) is 5. The number of aromatic nitrogens is 3. The molecule has 0 saturated heterocycles. The number of anilines is 1. The summed E-state index contributed by atoms with van der Waals surface area (Å²) in [7, 11) is 1.85. The number of thioether (sulfide) groups is 1. The summed E-state index contributed by atoms with van der Waals surface area (Å²) in [4.78, 5) is 12.3. The number of halogens is 2. The van der Waals surface area contributed by atoms with Crippen LogP contribution in [-0.2, 0) is 18.3 Å². The highest BCUT2D eigenvalue weighted by molar-refractivity contribution is 7.99. The Morgan fingerprint density at radius 1 is 1.20 bits per heavy atom. The van der Waals surface area contributed by atoms with Gasteiger partial charge in [-0.25, -0.2) is 0 Å². The van der Waals surface area contributed by atoms with Crippen LogP contribution in [0.4, 0.5) is 5.69 Å². The van der Waals surface area contributed by atoms with Crippen molar-refractivity contribution in [1.82, 2.24) is 14.8 Å². The van der Waals surface area contributed by atoms with E-state index in [4.69, 9.17) is 27.9 Å². The second kappa shape index (κ2) is 10.2. The fourth-order valence-electron chi connectivity index (χ4n) is 2.78. The zero-order chi connectivity index (χ0) is 21.7. The highest BCUT2D eigenvalue weighted by Crippen LogP contribution is 2.30. The molecule has 1 N–H and O–H groups in total. The summed E-state index contributed by atoms with van der Waals surface area (Å²) in [5.74, 6) is 1.39. The van der Waals surface area contributed by atoms with Gasteiger partial charge < -0.3 is 14.6 Å². The topological polar surface area (TPSA) is 69.0 Å². The van der Waals surface area contributed by atoms with E-state index in [0.29, 0.717) is 26.7 Å². The molecular formula is C21H22Cl2N4O2S. The Morgan fingerprint density at radius 2 is 1.93 bits per heavy atom. The van der Waals surface area contributed by atoms with Crippen LogP contribution in [0.15, 0.2) is 47.6 Å². The van der Waals surface area contributed by atoms with Gasteiger partial charge in [-0.1, -0.05) is 60.1 Å². The van der Waals surface area contributed by atoms with E-state index >= 15 is 0 Å². The molecule has 1 atom stereocenters. The van der Waals surface area contributed by atoms with Crippen LogP contribution in [-0.4, -0.2) is 26.4 Å². The molecule has 0 aliphatic heterocycles. The van der Waals surface area contributed by atoms with E-state index < -0.39 is 0 Å². The number of carbonyl (C=O) groups is 1. The predicted molar refractivity (Wildman–Crippen MR) is 122 cm³/mol. The zero-order valence-electron chi connectivity index (χ0n) is 16.9. The minimum Gasteiger partial charge on any atom is -0.483 e. The summed E-state index contributed by atoms with van der Waals surface area (Å²) < 4.78 is 7.81. The molecule has 1 heterocycles. The number of aryl methyl sites for hydroxylation is 1. The lowest BCUT2D eigenvalue weighted by Gasteiger charge is -2.14. The first kappa shape index (κ1) is 22.5. The Hall–Kier alpha value is -2.22. The van der Waals surface area contributed by atoms with Crippen molar-refractivity contribution in [2.24, 2.45) is 7.05 Å². The largest absolute Gasteiger partial charge is 0.483 e. The quantitative estimate of drug-likeness (QED) is 0.442. The van der Waals surface area contributed by atoms with Crippen LogP contribution >= 0.6 is 35.0 Å². The maximum atomic E-state index is 12.3. The van der Waals surface area contributed by atoms with Gasteiger partial charge in [0.25, 0.3) is 0 Å². The first-order valence-corrected chi connectivity index (χ1v) is 11.1. The number of nitrogens with one attached hydrogen (secondary N) is 1. The van der Waals surface area contributed by atoms with Gasteiger partial charge in [0.15, 0.2) is 17.1 Å². The van der Waals surface area contributed by atoms with Crippen molar-refractivity contribution in [3.8, 4) is 5.75 Å². The molecule has 1 aromatic heterocycles. The molecule has 0 fully saturated rings. The molecule has 0 radical (unpaired) electrons. The minimum atomic E-state index is -0.288. The second-order valence-electron chi connectivity index (χ2n) is 6.60. The van der Waals surface area contributed by atoms with E-state index in [9.17, 15) is 4.79 Å². The van der Waals surface area contributed by atoms with Crippen molar-refractivity contribution >= 4 is 46.6 Å². The molecule has 30 heavy (non-hydrogen) atoms. The van der Waals surface area contributed by atoms with E-state index in [0.717, 1.165) is 12.2 Å². The molecule has 9 heteroatoms. The van der Waals surface area contributed by atoms with Gasteiger partial charge in [0.2, 0.25) is 5.91 Å². The molecule has 0 aliphatic carbocycles. The summed E-state index contributed by atoms with van der Waals surface area (Å²) in [6.07, 6.45) is 0.694. The number of rotatable bonds is 8. The number of carbonyl (C=O) groups excluding carboxylic acids is 1. The lowest BCUT2D eigenvalue weighted by molar-refractivity contribution is -0.113. The van der Waals surface area contributed by atoms with Gasteiger partial charge in [0, 0.05) is 7.05 Å². The molecule has 0 bridgehead atoms. The maximum absolute atomic E-state index is 12.3. The van der Waals surface area contributed by atoms with Crippen molar-refractivity contribution in [2.45, 2.75) is 31.5 Å². The predicted octanol–water partition coefficient (Wildman–Crippen LogP) is 5.56. The normalized spacial score (nSPS) is 11.9. The van der Waals surface area contributed by atoms with Crippen molar-refractivity contribution in [2.75, 3.05) is 11.1 Å². The van der Waals surface area contributed by atoms with Crippen LogP contribution in [0, 0.1) is 0 Å². The van der Waals surface area contributed by atoms with E-state index in [1.807, 2.05) is 42.8 Å². The van der Waals surface area contributed by atoms with Crippen LogP contribution in [0.25, 0.3) is 0 Å². The molecule has 6 nitrogen and oxygen atoms in total. The zero-order valence-corrected chi connectivity index (χ0v) is 19.2. The summed E-state index contributed by atoms with van der Waals surface area (Å²) in [5, 5.41) is 12.5.